The van der Waals surface area contributed by atoms with E-state index in [1.165, 1.54) is 0 Å². The molecule has 1 fully saturated rings. The topological polar surface area (TPSA) is 60.4 Å². The normalized spacial score (nSPS) is 17.6. The first-order chi connectivity index (χ1) is 6.20. The van der Waals surface area contributed by atoms with E-state index in [1.54, 1.807) is 6.92 Å². The zero-order valence-corrected chi connectivity index (χ0v) is 7.49. The molecule has 0 aromatic rings. The maximum atomic E-state index is 11.2. The second kappa shape index (κ2) is 4.16. The lowest BCUT2D eigenvalue weighted by Crippen LogP contribution is -2.28. The van der Waals surface area contributed by atoms with Crippen molar-refractivity contribution in [3.63, 3.8) is 0 Å². The Labute approximate surface area is 76.3 Å². The third kappa shape index (κ3) is 2.37. The third-order valence-corrected chi connectivity index (χ3v) is 2.06. The van der Waals surface area contributed by atoms with Crippen LogP contribution in [0.5, 0.6) is 0 Å². The van der Waals surface area contributed by atoms with Crippen molar-refractivity contribution in [2.24, 2.45) is 11.8 Å². The molecule has 4 nitrogen and oxygen atoms in total. The molecule has 72 valence electrons. The Morgan fingerprint density at radius 2 is 2.15 bits per heavy atom. The van der Waals surface area contributed by atoms with Crippen LogP contribution in [-0.2, 0) is 19.1 Å². The Kier molecular flexibility index (Phi) is 3.17. The molecule has 0 saturated heterocycles. The van der Waals surface area contributed by atoms with Gasteiger partial charge in [-0.15, -0.1) is 0 Å². The number of hydrogen-bond donors (Lipinski definition) is 0. The molecule has 0 N–H and O–H groups in total. The predicted molar refractivity (Wildman–Crippen MR) is 43.9 cm³/mol. The van der Waals surface area contributed by atoms with Gasteiger partial charge in [-0.25, -0.2) is 4.79 Å². The van der Waals surface area contributed by atoms with Gasteiger partial charge >= 0.3 is 5.97 Å². The molecule has 0 aliphatic heterocycles. The minimum atomic E-state index is -0.883. The van der Waals surface area contributed by atoms with Crippen molar-refractivity contribution in [1.29, 1.82) is 0 Å². The van der Waals surface area contributed by atoms with E-state index in [0.717, 1.165) is 12.8 Å². The van der Waals surface area contributed by atoms with E-state index in [1.807, 2.05) is 0 Å². The Bertz CT molecular complexity index is 230. The molecule has 1 rings (SSSR count). The fraction of sp³-hybridized carbons (Fsp3) is 0.667. The van der Waals surface area contributed by atoms with Crippen LogP contribution in [0.15, 0.2) is 0 Å². The molecule has 0 radical (unpaired) electrons. The highest BCUT2D eigenvalue weighted by Crippen LogP contribution is 2.36. The largest absolute Gasteiger partial charge is 0.460 e. The van der Waals surface area contributed by atoms with Gasteiger partial charge in [0.1, 0.15) is 6.29 Å². The lowest BCUT2D eigenvalue weighted by molar-refractivity contribution is -0.156. The van der Waals surface area contributed by atoms with Crippen LogP contribution in [-0.4, -0.2) is 24.6 Å². The van der Waals surface area contributed by atoms with Gasteiger partial charge in [0.2, 0.25) is 5.78 Å². The van der Waals surface area contributed by atoms with Crippen LogP contribution < -0.4 is 0 Å². The molecule has 13 heavy (non-hydrogen) atoms. The Morgan fingerprint density at radius 3 is 2.54 bits per heavy atom. The van der Waals surface area contributed by atoms with Gasteiger partial charge in [-0.05, 0) is 25.7 Å². The molecular formula is C9H12O4. The smallest absolute Gasteiger partial charge is 0.375 e. The van der Waals surface area contributed by atoms with Gasteiger partial charge in [0.05, 0.1) is 12.5 Å². The van der Waals surface area contributed by atoms with Crippen LogP contribution in [0.1, 0.15) is 19.8 Å². The second-order valence-corrected chi connectivity index (χ2v) is 3.08. The Morgan fingerprint density at radius 1 is 1.54 bits per heavy atom. The molecule has 1 saturated carbocycles. The molecule has 1 unspecified atom stereocenters. The highest BCUT2D eigenvalue weighted by atomic mass is 16.5. The van der Waals surface area contributed by atoms with Gasteiger partial charge in [0.15, 0.2) is 0 Å². The molecule has 0 heterocycles. The van der Waals surface area contributed by atoms with Crippen LogP contribution in [0.2, 0.25) is 0 Å². The first-order valence-electron chi connectivity index (χ1n) is 4.37. The van der Waals surface area contributed by atoms with E-state index in [9.17, 15) is 14.4 Å². The summed E-state index contributed by atoms with van der Waals surface area (Å²) in [5.74, 6) is -2.26. The monoisotopic (exact) mass is 184 g/mol. The van der Waals surface area contributed by atoms with Crippen molar-refractivity contribution in [2.45, 2.75) is 19.8 Å². The van der Waals surface area contributed by atoms with Crippen molar-refractivity contribution < 1.29 is 19.1 Å². The molecule has 1 aliphatic carbocycles. The molecule has 1 aliphatic rings. The van der Waals surface area contributed by atoms with E-state index >= 15 is 0 Å². The number of Topliss-reactive ketones (excluding diaryl/α,β-unsaturated/α-hetero) is 1. The first-order valence-corrected chi connectivity index (χ1v) is 4.37. The van der Waals surface area contributed by atoms with Crippen LogP contribution in [0.4, 0.5) is 0 Å². The molecule has 0 spiro atoms. The maximum absolute atomic E-state index is 11.2. The SMILES string of the molecule is CCOC(=O)C(=O)C(C=O)C1CC1. The molecule has 0 amide bonds. The summed E-state index contributed by atoms with van der Waals surface area (Å²) in [6.07, 6.45) is 2.26. The number of rotatable bonds is 5. The van der Waals surface area contributed by atoms with Crippen molar-refractivity contribution in [3.8, 4) is 0 Å². The summed E-state index contributed by atoms with van der Waals surface area (Å²) in [6.45, 7) is 1.79. The maximum Gasteiger partial charge on any atom is 0.375 e. The highest BCUT2D eigenvalue weighted by Gasteiger charge is 2.39. The summed E-state index contributed by atoms with van der Waals surface area (Å²) in [5, 5.41) is 0. The summed E-state index contributed by atoms with van der Waals surface area (Å²) in [5.41, 5.74) is 0. The number of ketones is 1. The highest BCUT2D eigenvalue weighted by molar-refractivity contribution is 6.37. The fourth-order valence-corrected chi connectivity index (χ4v) is 1.18. The molecule has 0 aromatic heterocycles. The molecular weight excluding hydrogens is 172 g/mol. The Hall–Kier alpha value is -1.19. The van der Waals surface area contributed by atoms with Crippen molar-refractivity contribution in [3.05, 3.63) is 0 Å². The standard InChI is InChI=1S/C9H12O4/c1-2-13-9(12)8(11)7(5-10)6-3-4-6/h5-7H,2-4H2,1H3. The molecule has 1 atom stereocenters. The van der Waals surface area contributed by atoms with Crippen LogP contribution in [0.3, 0.4) is 0 Å². The third-order valence-electron chi connectivity index (χ3n) is 2.06. The van der Waals surface area contributed by atoms with Gasteiger partial charge in [0, 0.05) is 0 Å². The summed E-state index contributed by atoms with van der Waals surface area (Å²) in [6, 6.07) is 0. The number of carbonyl (C=O) groups is 3. The molecule has 0 bridgehead atoms. The van der Waals surface area contributed by atoms with Gasteiger partial charge < -0.3 is 9.53 Å². The molecule has 0 aromatic carbocycles. The minimum Gasteiger partial charge on any atom is -0.460 e. The number of aldehydes is 1. The quantitative estimate of drug-likeness (QED) is 0.267. The summed E-state index contributed by atoms with van der Waals surface area (Å²) >= 11 is 0. The average Bonchev–Trinajstić information content (AvgIpc) is 2.90. The summed E-state index contributed by atoms with van der Waals surface area (Å²) < 4.78 is 4.52. The lowest BCUT2D eigenvalue weighted by Gasteiger charge is -2.05. The van der Waals surface area contributed by atoms with Gasteiger partial charge in [-0.1, -0.05) is 0 Å². The lowest BCUT2D eigenvalue weighted by atomic mass is 10.0. The van der Waals surface area contributed by atoms with E-state index in [4.69, 9.17) is 0 Å². The van der Waals surface area contributed by atoms with Gasteiger partial charge in [-0.3, -0.25) is 4.79 Å². The Balaban J connectivity index is 2.52. The molecule has 4 heteroatoms. The number of ether oxygens (including phenoxy) is 1. The van der Waals surface area contributed by atoms with Crippen LogP contribution in [0.25, 0.3) is 0 Å². The van der Waals surface area contributed by atoms with E-state index < -0.39 is 17.7 Å². The van der Waals surface area contributed by atoms with Crippen LogP contribution in [0, 0.1) is 11.8 Å². The van der Waals surface area contributed by atoms with Crippen molar-refractivity contribution >= 4 is 18.0 Å². The number of hydrogen-bond acceptors (Lipinski definition) is 4. The van der Waals surface area contributed by atoms with Crippen molar-refractivity contribution in [1.82, 2.24) is 0 Å². The average molecular weight is 184 g/mol. The van der Waals surface area contributed by atoms with Gasteiger partial charge in [0.25, 0.3) is 0 Å². The van der Waals surface area contributed by atoms with E-state index in [-0.39, 0.29) is 12.5 Å². The first kappa shape index (κ1) is 9.89. The number of esters is 1. The summed E-state index contributed by atoms with van der Waals surface area (Å²) in [4.78, 5) is 32.7. The van der Waals surface area contributed by atoms with Crippen molar-refractivity contribution in [2.75, 3.05) is 6.61 Å². The summed E-state index contributed by atoms with van der Waals surface area (Å²) in [7, 11) is 0. The minimum absolute atomic E-state index is 0.0782. The second-order valence-electron chi connectivity index (χ2n) is 3.08. The van der Waals surface area contributed by atoms with Crippen LogP contribution >= 0.6 is 0 Å². The zero-order valence-electron chi connectivity index (χ0n) is 7.49. The zero-order chi connectivity index (χ0) is 9.84. The predicted octanol–water partition coefficient (Wildman–Crippen LogP) is 0.344. The fourth-order valence-electron chi connectivity index (χ4n) is 1.18. The number of carbonyl (C=O) groups excluding carboxylic acids is 3. The van der Waals surface area contributed by atoms with E-state index in [0.29, 0.717) is 6.29 Å². The van der Waals surface area contributed by atoms with E-state index in [2.05, 4.69) is 4.74 Å². The van der Waals surface area contributed by atoms with Gasteiger partial charge in [-0.2, -0.15) is 0 Å².